The minimum absolute atomic E-state index is 0.266. The molecule has 0 aliphatic carbocycles. The van der Waals surface area contributed by atoms with Crippen molar-refractivity contribution in [3.05, 3.63) is 40.9 Å². The van der Waals surface area contributed by atoms with Crippen molar-refractivity contribution in [2.24, 2.45) is 0 Å². The summed E-state index contributed by atoms with van der Waals surface area (Å²) in [6.45, 7) is 10.3. The van der Waals surface area contributed by atoms with Crippen molar-refractivity contribution in [3.63, 3.8) is 0 Å². The van der Waals surface area contributed by atoms with E-state index in [4.69, 9.17) is 18.8 Å². The Labute approximate surface area is 150 Å². The largest absolute Gasteiger partial charge is 0.491 e. The molecule has 2 fully saturated rings. The first-order chi connectivity index (χ1) is 11.8. The van der Waals surface area contributed by atoms with E-state index in [1.807, 2.05) is 19.2 Å². The van der Waals surface area contributed by atoms with Crippen LogP contribution in [0.15, 0.2) is 29.7 Å². The molecule has 0 unspecified atom stereocenters. The summed E-state index contributed by atoms with van der Waals surface area (Å²) >= 11 is 0. The van der Waals surface area contributed by atoms with E-state index in [1.54, 1.807) is 0 Å². The molecule has 2 aliphatic rings. The number of nitrogens with one attached hydrogen (secondary N) is 1. The average Bonchev–Trinajstić information content (AvgIpc) is 3.14. The second-order valence-electron chi connectivity index (χ2n) is 7.58. The molecule has 2 heterocycles. The topological polar surface area (TPSA) is 49.0 Å². The van der Waals surface area contributed by atoms with Crippen molar-refractivity contribution < 1.29 is 18.8 Å². The Bertz CT molecular complexity index is 622. The van der Waals surface area contributed by atoms with Gasteiger partial charge in [0.25, 0.3) is 0 Å². The second kappa shape index (κ2) is 7.21. The molecule has 0 saturated carbocycles. The summed E-state index contributed by atoms with van der Waals surface area (Å²) in [5.41, 5.74) is 2.47. The maximum atomic E-state index is 6.20. The van der Waals surface area contributed by atoms with E-state index in [9.17, 15) is 0 Å². The lowest BCUT2D eigenvalue weighted by Gasteiger charge is -2.32. The Morgan fingerprint density at radius 2 is 1.80 bits per heavy atom. The maximum absolute atomic E-state index is 6.20. The molecule has 2 aliphatic heterocycles. The zero-order chi connectivity index (χ0) is 18.1. The fourth-order valence-corrected chi connectivity index (χ4v) is 2.96. The Morgan fingerprint density at radius 1 is 1.16 bits per heavy atom. The number of rotatable bonds is 5. The van der Waals surface area contributed by atoms with Gasteiger partial charge in [0.2, 0.25) is 0 Å². The van der Waals surface area contributed by atoms with E-state index in [1.165, 1.54) is 0 Å². The van der Waals surface area contributed by atoms with Gasteiger partial charge >= 0.3 is 7.12 Å². The number of benzene rings is 1. The van der Waals surface area contributed by atoms with Crippen molar-refractivity contribution >= 4 is 13.2 Å². The van der Waals surface area contributed by atoms with Gasteiger partial charge in [0.15, 0.2) is 6.29 Å². The molecule has 6 heteroatoms. The molecule has 0 radical (unpaired) electrons. The lowest BCUT2D eigenvalue weighted by molar-refractivity contribution is -0.0441. The summed E-state index contributed by atoms with van der Waals surface area (Å²) in [6.07, 6.45) is 1.86. The van der Waals surface area contributed by atoms with E-state index in [0.717, 1.165) is 16.6 Å². The lowest BCUT2D eigenvalue weighted by atomic mass is 9.77. The Kier molecular flexibility index (Phi) is 5.37. The molecule has 2 saturated heterocycles. The van der Waals surface area contributed by atoms with Gasteiger partial charge in [-0.05, 0) is 51.8 Å². The van der Waals surface area contributed by atoms with Gasteiger partial charge in [-0.15, -0.1) is 0 Å². The molecule has 1 aromatic carbocycles. The van der Waals surface area contributed by atoms with E-state index in [2.05, 4.69) is 51.2 Å². The summed E-state index contributed by atoms with van der Waals surface area (Å²) in [5, 5.41) is 3.21. The minimum Gasteiger partial charge on any atom is -0.400 e. The highest BCUT2D eigenvalue weighted by atomic mass is 16.7. The third-order valence-electron chi connectivity index (χ3n) is 5.09. The molecular weight excluding hydrogens is 317 g/mol. The SMILES string of the molecule is CNCC(=Cc1cccc(C2OCCO2)c1)B1OC(C)(C)C(C)(C)O1. The third-order valence-corrected chi connectivity index (χ3v) is 5.09. The highest BCUT2D eigenvalue weighted by Gasteiger charge is 2.52. The first kappa shape index (κ1) is 18.6. The molecule has 0 amide bonds. The smallest absolute Gasteiger partial charge is 0.400 e. The molecular formula is C19H28BNO4. The highest BCUT2D eigenvalue weighted by Crippen LogP contribution is 2.38. The summed E-state index contributed by atoms with van der Waals surface area (Å²) in [5.74, 6) is 0. The predicted molar refractivity (Wildman–Crippen MR) is 99.1 cm³/mol. The summed E-state index contributed by atoms with van der Waals surface area (Å²) in [6, 6.07) is 8.21. The van der Waals surface area contributed by atoms with Crippen LogP contribution in [-0.2, 0) is 18.8 Å². The van der Waals surface area contributed by atoms with Crippen molar-refractivity contribution in [1.82, 2.24) is 5.32 Å². The maximum Gasteiger partial charge on any atom is 0.491 e. The third kappa shape index (κ3) is 3.99. The highest BCUT2D eigenvalue weighted by molar-refractivity contribution is 6.55. The van der Waals surface area contributed by atoms with Crippen molar-refractivity contribution in [2.75, 3.05) is 26.8 Å². The number of likely N-dealkylation sites (N-methyl/N-ethyl adjacent to an activating group) is 1. The molecule has 1 N–H and O–H groups in total. The Hall–Kier alpha value is -1.18. The molecule has 25 heavy (non-hydrogen) atoms. The number of hydrogen-bond donors (Lipinski definition) is 1. The molecule has 3 rings (SSSR count). The van der Waals surface area contributed by atoms with Crippen LogP contribution < -0.4 is 5.32 Å². The molecule has 0 atom stereocenters. The van der Waals surface area contributed by atoms with Gasteiger partial charge in [-0.3, -0.25) is 0 Å². The lowest BCUT2D eigenvalue weighted by Crippen LogP contribution is -2.41. The van der Waals surface area contributed by atoms with Gasteiger partial charge in [0.1, 0.15) is 0 Å². The first-order valence-electron chi connectivity index (χ1n) is 8.86. The molecule has 5 nitrogen and oxygen atoms in total. The predicted octanol–water partition coefficient (Wildman–Crippen LogP) is 2.97. The first-order valence-corrected chi connectivity index (χ1v) is 8.86. The van der Waals surface area contributed by atoms with Crippen molar-refractivity contribution in [2.45, 2.75) is 45.2 Å². The van der Waals surface area contributed by atoms with Crippen LogP contribution in [0.4, 0.5) is 0 Å². The normalized spacial score (nSPS) is 23.4. The number of hydrogen-bond acceptors (Lipinski definition) is 5. The van der Waals surface area contributed by atoms with Crippen LogP contribution in [-0.4, -0.2) is 45.1 Å². The van der Waals surface area contributed by atoms with Crippen molar-refractivity contribution in [1.29, 1.82) is 0 Å². The van der Waals surface area contributed by atoms with E-state index in [0.29, 0.717) is 19.8 Å². The number of ether oxygens (including phenoxy) is 2. The molecule has 0 aromatic heterocycles. The molecule has 1 aromatic rings. The van der Waals surface area contributed by atoms with Gasteiger partial charge in [-0.1, -0.05) is 24.3 Å². The summed E-state index contributed by atoms with van der Waals surface area (Å²) in [4.78, 5) is 0. The van der Waals surface area contributed by atoms with Gasteiger partial charge in [0.05, 0.1) is 24.4 Å². The van der Waals surface area contributed by atoms with Crippen LogP contribution in [0.25, 0.3) is 6.08 Å². The van der Waals surface area contributed by atoms with Crippen molar-refractivity contribution in [3.8, 4) is 0 Å². The fourth-order valence-electron chi connectivity index (χ4n) is 2.96. The molecule has 136 valence electrons. The van der Waals surface area contributed by atoms with Gasteiger partial charge < -0.3 is 24.1 Å². The van der Waals surface area contributed by atoms with E-state index >= 15 is 0 Å². The van der Waals surface area contributed by atoms with Crippen LogP contribution in [0.2, 0.25) is 0 Å². The molecule has 0 spiro atoms. The fraction of sp³-hybridized carbons (Fsp3) is 0.579. The zero-order valence-corrected chi connectivity index (χ0v) is 15.8. The van der Waals surface area contributed by atoms with Gasteiger partial charge in [-0.25, -0.2) is 0 Å². The van der Waals surface area contributed by atoms with Crippen LogP contribution in [0.5, 0.6) is 0 Å². The average molecular weight is 345 g/mol. The Balaban J connectivity index is 1.84. The van der Waals surface area contributed by atoms with Crippen LogP contribution >= 0.6 is 0 Å². The van der Waals surface area contributed by atoms with Gasteiger partial charge in [-0.2, -0.15) is 0 Å². The van der Waals surface area contributed by atoms with E-state index in [-0.39, 0.29) is 24.6 Å². The minimum atomic E-state index is -0.361. The zero-order valence-electron chi connectivity index (χ0n) is 15.8. The standard InChI is InChI=1S/C19H28BNO4/c1-18(2)19(3,4)25-20(24-18)16(13-21-5)12-14-7-6-8-15(11-14)17-22-9-10-23-17/h6-8,11-12,17,21H,9-10,13H2,1-5H3. The monoisotopic (exact) mass is 345 g/mol. The van der Waals surface area contributed by atoms with Crippen LogP contribution in [0.3, 0.4) is 0 Å². The summed E-state index contributed by atoms with van der Waals surface area (Å²) < 4.78 is 23.6. The second-order valence-corrected chi connectivity index (χ2v) is 7.58. The van der Waals surface area contributed by atoms with Gasteiger partial charge in [0, 0.05) is 12.1 Å². The summed E-state index contributed by atoms with van der Waals surface area (Å²) in [7, 11) is 1.57. The van der Waals surface area contributed by atoms with Crippen LogP contribution in [0.1, 0.15) is 45.1 Å². The molecule has 0 bridgehead atoms. The van der Waals surface area contributed by atoms with Crippen LogP contribution in [0, 0.1) is 0 Å². The Morgan fingerprint density at radius 3 is 2.40 bits per heavy atom. The van der Waals surface area contributed by atoms with E-state index < -0.39 is 0 Å². The quantitative estimate of drug-likeness (QED) is 0.832.